The van der Waals surface area contributed by atoms with Crippen molar-refractivity contribution in [1.29, 1.82) is 10.5 Å². The van der Waals surface area contributed by atoms with Crippen LogP contribution in [0.1, 0.15) is 40.3 Å². The Morgan fingerprint density at radius 3 is 2.70 bits per heavy atom. The summed E-state index contributed by atoms with van der Waals surface area (Å²) in [4.78, 5) is 43.5. The van der Waals surface area contributed by atoms with E-state index in [9.17, 15) is 24.9 Å². The van der Waals surface area contributed by atoms with Gasteiger partial charge in [-0.25, -0.2) is 9.79 Å². The number of aryl methyl sites for hydroxylation is 1. The van der Waals surface area contributed by atoms with Gasteiger partial charge in [-0.2, -0.15) is 10.5 Å². The van der Waals surface area contributed by atoms with E-state index in [0.717, 1.165) is 10.5 Å². The van der Waals surface area contributed by atoms with E-state index in [1.165, 1.54) is 11.8 Å². The highest BCUT2D eigenvalue weighted by molar-refractivity contribution is 8.00. The SMILES string of the molecule is N#Cc1cccc(COC(=O)C2C(CCc3ccccc3C#N)=NC(=O)NC2c2ccc3c(c2)NC(=O)CS3)c1. The van der Waals surface area contributed by atoms with Crippen molar-refractivity contribution in [2.24, 2.45) is 10.9 Å². The van der Waals surface area contributed by atoms with Gasteiger partial charge in [-0.05, 0) is 59.9 Å². The lowest BCUT2D eigenvalue weighted by Gasteiger charge is -2.32. The third kappa shape index (κ3) is 5.88. The van der Waals surface area contributed by atoms with Crippen LogP contribution in [0.3, 0.4) is 0 Å². The standard InChI is InChI=1S/C30H23N5O4S/c31-14-18-4-3-5-19(12-18)16-39-29(37)27-23(10-8-20-6-1-2-7-22(20)15-32)34-30(38)35-28(27)21-9-11-25-24(13-21)33-26(36)17-40-25/h1-7,9,11-13,27-28H,8,10,16-17H2,(H,33,36)(H,35,38). The first-order chi connectivity index (χ1) is 19.4. The van der Waals surface area contributed by atoms with Gasteiger partial charge in [0, 0.05) is 10.6 Å². The molecule has 2 N–H and O–H groups in total. The Kier molecular flexibility index (Phi) is 7.90. The summed E-state index contributed by atoms with van der Waals surface area (Å²) in [5.41, 5.74) is 3.97. The molecule has 3 aromatic rings. The van der Waals surface area contributed by atoms with Gasteiger partial charge >= 0.3 is 12.0 Å². The Bertz CT molecular complexity index is 1620. The number of benzene rings is 3. The third-order valence-electron chi connectivity index (χ3n) is 6.69. The lowest BCUT2D eigenvalue weighted by Crippen LogP contribution is -2.45. The molecule has 2 aliphatic rings. The summed E-state index contributed by atoms with van der Waals surface area (Å²) in [7, 11) is 0. The second-order valence-electron chi connectivity index (χ2n) is 9.29. The first kappa shape index (κ1) is 26.7. The minimum absolute atomic E-state index is 0.0625. The molecule has 3 amide bonds. The fourth-order valence-electron chi connectivity index (χ4n) is 4.78. The highest BCUT2D eigenvalue weighted by atomic mass is 32.2. The maximum atomic E-state index is 13.7. The number of nitriles is 2. The van der Waals surface area contributed by atoms with E-state index in [1.54, 1.807) is 42.5 Å². The molecule has 0 saturated carbocycles. The maximum Gasteiger partial charge on any atom is 0.341 e. The summed E-state index contributed by atoms with van der Waals surface area (Å²) in [5, 5.41) is 24.3. The van der Waals surface area contributed by atoms with Crippen LogP contribution in [0.25, 0.3) is 0 Å². The van der Waals surface area contributed by atoms with Crippen LogP contribution in [0.4, 0.5) is 10.5 Å². The molecule has 9 nitrogen and oxygen atoms in total. The Hall–Kier alpha value is -4.93. The second-order valence-corrected chi connectivity index (χ2v) is 10.3. The summed E-state index contributed by atoms with van der Waals surface area (Å²) in [6.07, 6.45) is 0.650. The van der Waals surface area contributed by atoms with Gasteiger partial charge in [0.25, 0.3) is 0 Å². The van der Waals surface area contributed by atoms with E-state index < -0.39 is 24.0 Å². The summed E-state index contributed by atoms with van der Waals surface area (Å²) in [5.74, 6) is -1.35. The van der Waals surface area contributed by atoms with E-state index in [4.69, 9.17) is 4.74 Å². The average Bonchev–Trinajstić information content (AvgIpc) is 2.98. The molecule has 0 saturated heterocycles. The van der Waals surface area contributed by atoms with E-state index >= 15 is 0 Å². The predicted molar refractivity (Wildman–Crippen MR) is 148 cm³/mol. The molecular formula is C30H23N5O4S. The van der Waals surface area contributed by atoms with Crippen molar-refractivity contribution in [3.8, 4) is 12.1 Å². The normalized spacial score (nSPS) is 17.8. The van der Waals surface area contributed by atoms with Gasteiger partial charge in [-0.15, -0.1) is 11.8 Å². The monoisotopic (exact) mass is 549 g/mol. The molecule has 10 heteroatoms. The first-order valence-electron chi connectivity index (χ1n) is 12.5. The highest BCUT2D eigenvalue weighted by Crippen LogP contribution is 2.37. The number of hydrogen-bond donors (Lipinski definition) is 2. The van der Waals surface area contributed by atoms with E-state index in [2.05, 4.69) is 27.8 Å². The Balaban J connectivity index is 1.46. The van der Waals surface area contributed by atoms with Crippen LogP contribution in [0.2, 0.25) is 0 Å². The van der Waals surface area contributed by atoms with Crippen LogP contribution in [0.15, 0.2) is 76.6 Å². The molecule has 0 aromatic heterocycles. The van der Waals surface area contributed by atoms with Gasteiger partial charge in [0.1, 0.15) is 12.5 Å². The molecule has 0 spiro atoms. The molecule has 2 atom stereocenters. The van der Waals surface area contributed by atoms with E-state index in [1.807, 2.05) is 24.3 Å². The number of fused-ring (bicyclic) bond motifs is 1. The number of hydrogen-bond acceptors (Lipinski definition) is 7. The lowest BCUT2D eigenvalue weighted by atomic mass is 9.85. The fraction of sp³-hybridized carbons (Fsp3) is 0.200. The summed E-state index contributed by atoms with van der Waals surface area (Å²) < 4.78 is 5.70. The number of nitrogens with zero attached hydrogens (tertiary/aromatic N) is 3. The molecule has 0 aliphatic carbocycles. The largest absolute Gasteiger partial charge is 0.460 e. The zero-order valence-electron chi connectivity index (χ0n) is 21.2. The molecular weight excluding hydrogens is 526 g/mol. The van der Waals surface area contributed by atoms with Gasteiger partial charge in [0.05, 0.1) is 40.7 Å². The van der Waals surface area contributed by atoms with Gasteiger partial charge in [0.15, 0.2) is 0 Å². The molecule has 2 heterocycles. The Morgan fingerprint density at radius 2 is 1.88 bits per heavy atom. The molecule has 0 bridgehead atoms. The van der Waals surface area contributed by atoms with Crippen LogP contribution in [-0.4, -0.2) is 29.4 Å². The summed E-state index contributed by atoms with van der Waals surface area (Å²) in [6.45, 7) is -0.0625. The number of anilines is 1. The third-order valence-corrected chi connectivity index (χ3v) is 7.76. The number of carbonyl (C=O) groups excluding carboxylic acids is 3. The number of esters is 1. The number of thioether (sulfide) groups is 1. The number of rotatable bonds is 7. The average molecular weight is 550 g/mol. The number of ether oxygens (including phenoxy) is 1. The van der Waals surface area contributed by atoms with Crippen molar-refractivity contribution in [2.75, 3.05) is 11.1 Å². The van der Waals surface area contributed by atoms with Crippen LogP contribution < -0.4 is 10.6 Å². The molecule has 198 valence electrons. The topological polar surface area (TPSA) is 144 Å². The zero-order chi connectivity index (χ0) is 28.1. The predicted octanol–water partition coefficient (Wildman–Crippen LogP) is 4.67. The van der Waals surface area contributed by atoms with E-state index in [0.29, 0.717) is 45.8 Å². The van der Waals surface area contributed by atoms with Crippen molar-refractivity contribution in [3.63, 3.8) is 0 Å². The quantitative estimate of drug-likeness (QED) is 0.407. The Morgan fingerprint density at radius 1 is 1.02 bits per heavy atom. The molecule has 2 aliphatic heterocycles. The number of carbonyl (C=O) groups is 3. The summed E-state index contributed by atoms with van der Waals surface area (Å²) >= 11 is 1.41. The lowest BCUT2D eigenvalue weighted by molar-refractivity contribution is -0.148. The molecule has 2 unspecified atom stereocenters. The highest BCUT2D eigenvalue weighted by Gasteiger charge is 2.40. The molecule has 0 fully saturated rings. The number of aliphatic imine (C=N–C) groups is 1. The second kappa shape index (κ2) is 11.9. The molecule has 0 radical (unpaired) electrons. The zero-order valence-corrected chi connectivity index (χ0v) is 22.0. The van der Waals surface area contributed by atoms with Gasteiger partial charge in [-0.1, -0.05) is 36.4 Å². The molecule has 5 rings (SSSR count). The number of nitrogens with one attached hydrogen (secondary N) is 2. The first-order valence-corrected chi connectivity index (χ1v) is 13.5. The van der Waals surface area contributed by atoms with Crippen LogP contribution in [0, 0.1) is 28.6 Å². The summed E-state index contributed by atoms with van der Waals surface area (Å²) in [6, 6.07) is 22.2. The Labute approximate surface area is 234 Å². The smallest absolute Gasteiger partial charge is 0.341 e. The van der Waals surface area contributed by atoms with Gasteiger partial charge < -0.3 is 15.4 Å². The van der Waals surface area contributed by atoms with Crippen molar-refractivity contribution in [2.45, 2.75) is 30.4 Å². The van der Waals surface area contributed by atoms with Crippen molar-refractivity contribution in [3.05, 3.63) is 94.5 Å². The minimum atomic E-state index is -0.948. The number of urea groups is 1. The van der Waals surface area contributed by atoms with Crippen LogP contribution >= 0.6 is 11.8 Å². The molecule has 40 heavy (non-hydrogen) atoms. The van der Waals surface area contributed by atoms with Crippen LogP contribution in [0.5, 0.6) is 0 Å². The van der Waals surface area contributed by atoms with Crippen LogP contribution in [-0.2, 0) is 27.4 Å². The molecule has 3 aromatic carbocycles. The maximum absolute atomic E-state index is 13.7. The minimum Gasteiger partial charge on any atom is -0.460 e. The van der Waals surface area contributed by atoms with Crippen molar-refractivity contribution in [1.82, 2.24) is 5.32 Å². The van der Waals surface area contributed by atoms with E-state index in [-0.39, 0.29) is 18.9 Å². The van der Waals surface area contributed by atoms with Gasteiger partial charge in [0.2, 0.25) is 5.91 Å². The number of amides is 3. The van der Waals surface area contributed by atoms with Crippen molar-refractivity contribution < 1.29 is 19.1 Å². The van der Waals surface area contributed by atoms with Crippen molar-refractivity contribution >= 4 is 41.1 Å². The van der Waals surface area contributed by atoms with Gasteiger partial charge in [-0.3, -0.25) is 9.59 Å². The fourth-order valence-corrected chi connectivity index (χ4v) is 5.57.